The molecule has 0 spiro atoms. The van der Waals surface area contributed by atoms with Crippen LogP contribution in [0.1, 0.15) is 41.5 Å². The summed E-state index contributed by atoms with van der Waals surface area (Å²) >= 11 is 0. The molecule has 5 nitrogen and oxygen atoms in total. The van der Waals surface area contributed by atoms with E-state index in [0.29, 0.717) is 11.7 Å². The molecule has 0 aliphatic carbocycles. The zero-order valence-electron chi connectivity index (χ0n) is 11.4. The lowest BCUT2D eigenvalue weighted by Gasteiger charge is -2.08. The molecule has 0 aliphatic rings. The molecule has 5 heteroatoms. The van der Waals surface area contributed by atoms with Crippen molar-refractivity contribution in [1.29, 1.82) is 0 Å². The van der Waals surface area contributed by atoms with E-state index in [1.165, 1.54) is 18.0 Å². The number of benzene rings is 1. The first-order chi connectivity index (χ1) is 9.56. The standard InChI is InChI=1S/C15H16N2O3/c1-10(2)11-3-5-13(6-4-11)20-9-14-16-7-12(8-17-14)15(18)19/h3-8,10H,9H2,1-2H3,(H,18,19). The van der Waals surface area contributed by atoms with Crippen LogP contribution in [0.25, 0.3) is 0 Å². The fraction of sp³-hybridized carbons (Fsp3) is 0.267. The molecule has 0 bridgehead atoms. The molecule has 2 rings (SSSR count). The van der Waals surface area contributed by atoms with Crippen molar-refractivity contribution in [2.45, 2.75) is 26.4 Å². The van der Waals surface area contributed by atoms with Gasteiger partial charge in [-0.3, -0.25) is 0 Å². The number of aromatic nitrogens is 2. The van der Waals surface area contributed by atoms with Gasteiger partial charge in [0, 0.05) is 12.4 Å². The largest absolute Gasteiger partial charge is 0.486 e. The van der Waals surface area contributed by atoms with Crippen LogP contribution in [-0.4, -0.2) is 21.0 Å². The van der Waals surface area contributed by atoms with E-state index in [4.69, 9.17) is 9.84 Å². The van der Waals surface area contributed by atoms with Crippen LogP contribution >= 0.6 is 0 Å². The average molecular weight is 272 g/mol. The Balaban J connectivity index is 1.96. The number of carboxylic acids is 1. The van der Waals surface area contributed by atoms with Crippen molar-refractivity contribution in [1.82, 2.24) is 9.97 Å². The maximum atomic E-state index is 10.7. The normalized spacial score (nSPS) is 10.6. The van der Waals surface area contributed by atoms with E-state index in [1.807, 2.05) is 24.3 Å². The molecule has 1 N–H and O–H groups in total. The molecule has 20 heavy (non-hydrogen) atoms. The first-order valence-electron chi connectivity index (χ1n) is 6.33. The van der Waals surface area contributed by atoms with Gasteiger partial charge in [0.1, 0.15) is 12.4 Å². The Morgan fingerprint density at radius 1 is 1.20 bits per heavy atom. The van der Waals surface area contributed by atoms with Crippen molar-refractivity contribution in [2.75, 3.05) is 0 Å². The number of carboxylic acid groups (broad SMARTS) is 1. The van der Waals surface area contributed by atoms with E-state index < -0.39 is 5.97 Å². The lowest BCUT2D eigenvalue weighted by Crippen LogP contribution is -2.04. The lowest BCUT2D eigenvalue weighted by atomic mass is 10.0. The highest BCUT2D eigenvalue weighted by Gasteiger charge is 2.05. The van der Waals surface area contributed by atoms with Crippen molar-refractivity contribution >= 4 is 5.97 Å². The molecular formula is C15H16N2O3. The summed E-state index contributed by atoms with van der Waals surface area (Å²) in [4.78, 5) is 18.6. The molecule has 0 atom stereocenters. The summed E-state index contributed by atoms with van der Waals surface area (Å²) in [6.45, 7) is 4.47. The summed E-state index contributed by atoms with van der Waals surface area (Å²) in [5, 5.41) is 8.74. The molecule has 0 radical (unpaired) electrons. The summed E-state index contributed by atoms with van der Waals surface area (Å²) < 4.78 is 5.55. The third-order valence-electron chi connectivity index (χ3n) is 2.87. The van der Waals surface area contributed by atoms with E-state index in [2.05, 4.69) is 23.8 Å². The zero-order valence-corrected chi connectivity index (χ0v) is 11.4. The molecule has 0 aliphatic heterocycles. The second-order valence-corrected chi connectivity index (χ2v) is 4.71. The smallest absolute Gasteiger partial charge is 0.338 e. The molecule has 1 aromatic heterocycles. The monoisotopic (exact) mass is 272 g/mol. The maximum absolute atomic E-state index is 10.7. The Hall–Kier alpha value is -2.43. The van der Waals surface area contributed by atoms with E-state index in [9.17, 15) is 4.79 Å². The van der Waals surface area contributed by atoms with E-state index in [1.54, 1.807) is 0 Å². The minimum Gasteiger partial charge on any atom is -0.486 e. The average Bonchev–Trinajstić information content (AvgIpc) is 2.46. The van der Waals surface area contributed by atoms with Crippen LogP contribution in [0.2, 0.25) is 0 Å². The Bertz CT molecular complexity index is 577. The minimum atomic E-state index is -1.04. The molecule has 0 amide bonds. The SMILES string of the molecule is CC(C)c1ccc(OCc2ncc(C(=O)O)cn2)cc1. The molecule has 1 heterocycles. The number of rotatable bonds is 5. The van der Waals surface area contributed by atoms with Crippen LogP contribution in [0, 0.1) is 0 Å². The number of nitrogens with zero attached hydrogens (tertiary/aromatic N) is 2. The first-order valence-corrected chi connectivity index (χ1v) is 6.33. The van der Waals surface area contributed by atoms with Crippen molar-refractivity contribution in [2.24, 2.45) is 0 Å². The highest BCUT2D eigenvalue weighted by Crippen LogP contribution is 2.19. The third-order valence-corrected chi connectivity index (χ3v) is 2.87. The summed E-state index contributed by atoms with van der Waals surface area (Å²) in [6.07, 6.45) is 2.55. The van der Waals surface area contributed by atoms with Gasteiger partial charge in [-0.25, -0.2) is 14.8 Å². The second-order valence-electron chi connectivity index (χ2n) is 4.71. The summed E-state index contributed by atoms with van der Waals surface area (Å²) in [5.74, 6) is 0.626. The summed E-state index contributed by atoms with van der Waals surface area (Å²) in [7, 11) is 0. The van der Waals surface area contributed by atoms with Gasteiger partial charge < -0.3 is 9.84 Å². The van der Waals surface area contributed by atoms with Crippen LogP contribution in [0.4, 0.5) is 0 Å². The molecular weight excluding hydrogens is 256 g/mol. The van der Waals surface area contributed by atoms with E-state index in [0.717, 1.165) is 5.75 Å². The predicted octanol–water partition coefficient (Wildman–Crippen LogP) is 2.88. The lowest BCUT2D eigenvalue weighted by molar-refractivity contribution is 0.0695. The van der Waals surface area contributed by atoms with Gasteiger partial charge in [0.05, 0.1) is 5.56 Å². The summed E-state index contributed by atoms with van der Waals surface area (Å²) in [5.41, 5.74) is 1.31. The highest BCUT2D eigenvalue weighted by atomic mass is 16.5. The van der Waals surface area contributed by atoms with Gasteiger partial charge in [-0.05, 0) is 23.6 Å². The van der Waals surface area contributed by atoms with Gasteiger partial charge in [0.25, 0.3) is 0 Å². The van der Waals surface area contributed by atoms with Crippen molar-refractivity contribution in [3.8, 4) is 5.75 Å². The molecule has 1 aromatic carbocycles. The molecule has 104 valence electrons. The number of aromatic carboxylic acids is 1. The van der Waals surface area contributed by atoms with Gasteiger partial charge in [-0.2, -0.15) is 0 Å². The molecule has 2 aromatic rings. The number of hydrogen-bond donors (Lipinski definition) is 1. The quantitative estimate of drug-likeness (QED) is 0.906. The van der Waals surface area contributed by atoms with Crippen LogP contribution in [0.5, 0.6) is 5.75 Å². The second kappa shape index (κ2) is 6.14. The molecule has 0 fully saturated rings. The first kappa shape index (κ1) is 14.0. The van der Waals surface area contributed by atoms with Crippen LogP contribution in [0.15, 0.2) is 36.7 Å². The van der Waals surface area contributed by atoms with Gasteiger partial charge in [-0.1, -0.05) is 26.0 Å². The van der Waals surface area contributed by atoms with Gasteiger partial charge >= 0.3 is 5.97 Å². The Labute approximate surface area is 117 Å². The highest BCUT2D eigenvalue weighted by molar-refractivity contribution is 5.86. The predicted molar refractivity (Wildman–Crippen MR) is 73.9 cm³/mol. The van der Waals surface area contributed by atoms with E-state index >= 15 is 0 Å². The van der Waals surface area contributed by atoms with E-state index in [-0.39, 0.29) is 12.2 Å². The minimum absolute atomic E-state index is 0.0648. The van der Waals surface area contributed by atoms with Crippen LogP contribution < -0.4 is 4.74 Å². The topological polar surface area (TPSA) is 72.3 Å². The zero-order chi connectivity index (χ0) is 14.5. The third kappa shape index (κ3) is 3.54. The van der Waals surface area contributed by atoms with Crippen molar-refractivity contribution in [3.05, 3.63) is 53.6 Å². The van der Waals surface area contributed by atoms with Crippen molar-refractivity contribution in [3.63, 3.8) is 0 Å². The Morgan fingerprint density at radius 3 is 2.30 bits per heavy atom. The summed E-state index contributed by atoms with van der Waals surface area (Å²) in [6, 6.07) is 7.85. The van der Waals surface area contributed by atoms with Gasteiger partial charge in [-0.15, -0.1) is 0 Å². The number of hydrogen-bond acceptors (Lipinski definition) is 4. The Kier molecular flexibility index (Phi) is 4.30. The maximum Gasteiger partial charge on any atom is 0.338 e. The van der Waals surface area contributed by atoms with Gasteiger partial charge in [0.15, 0.2) is 5.82 Å². The Morgan fingerprint density at radius 2 is 1.80 bits per heavy atom. The molecule has 0 unspecified atom stereocenters. The van der Waals surface area contributed by atoms with Gasteiger partial charge in [0.2, 0.25) is 0 Å². The molecule has 0 saturated carbocycles. The van der Waals surface area contributed by atoms with Crippen LogP contribution in [-0.2, 0) is 6.61 Å². The fourth-order valence-corrected chi connectivity index (χ4v) is 1.64. The molecule has 0 saturated heterocycles. The van der Waals surface area contributed by atoms with Crippen LogP contribution in [0.3, 0.4) is 0 Å². The van der Waals surface area contributed by atoms with Crippen molar-refractivity contribution < 1.29 is 14.6 Å². The number of ether oxygens (including phenoxy) is 1. The fourth-order valence-electron chi connectivity index (χ4n) is 1.64. The number of carbonyl (C=O) groups is 1.